The number of aryl methyl sites for hydroxylation is 2. The second-order valence-corrected chi connectivity index (χ2v) is 8.39. The van der Waals surface area contributed by atoms with E-state index in [1.165, 1.54) is 33.5 Å². The topological polar surface area (TPSA) is 109 Å². The van der Waals surface area contributed by atoms with Crippen LogP contribution in [0, 0.1) is 12.7 Å². The molecular formula is C25H24FN5O5. The van der Waals surface area contributed by atoms with E-state index in [2.05, 4.69) is 10.4 Å². The Labute approximate surface area is 204 Å². The maximum atomic E-state index is 13.5. The van der Waals surface area contributed by atoms with Crippen LogP contribution in [0.25, 0.3) is 11.0 Å². The molecule has 0 fully saturated rings. The molecule has 0 atom stereocenters. The Morgan fingerprint density at radius 2 is 1.75 bits per heavy atom. The molecule has 1 aliphatic heterocycles. The van der Waals surface area contributed by atoms with Gasteiger partial charge in [0.2, 0.25) is 5.91 Å². The van der Waals surface area contributed by atoms with Crippen LogP contribution in [0.4, 0.5) is 10.1 Å². The van der Waals surface area contributed by atoms with Crippen molar-refractivity contribution in [3.8, 4) is 11.5 Å². The highest BCUT2D eigenvalue weighted by Crippen LogP contribution is 2.32. The van der Waals surface area contributed by atoms with Crippen molar-refractivity contribution in [3.05, 3.63) is 80.4 Å². The molecule has 11 heteroatoms. The third kappa shape index (κ3) is 4.23. The van der Waals surface area contributed by atoms with Crippen molar-refractivity contribution in [2.45, 2.75) is 33.5 Å². The molecule has 2 aromatic heterocycles. The number of aromatic nitrogens is 4. The number of carbonyl (C=O) groups excluding carboxylic acids is 1. The van der Waals surface area contributed by atoms with Crippen LogP contribution in [0.2, 0.25) is 0 Å². The minimum Gasteiger partial charge on any atom is -0.486 e. The SMILES string of the molecule is CCn1nc(C)c2c1c(=O)n(Cc1ccc(F)cc1)c(=O)n2CC(=O)Nc1ccc2c(c1)OCCO2. The van der Waals surface area contributed by atoms with Crippen molar-refractivity contribution >= 4 is 22.6 Å². The van der Waals surface area contributed by atoms with Gasteiger partial charge in [0.15, 0.2) is 17.0 Å². The first-order chi connectivity index (χ1) is 17.4. The molecule has 4 aromatic rings. The van der Waals surface area contributed by atoms with Crippen LogP contribution in [-0.2, 0) is 24.4 Å². The average molecular weight is 493 g/mol. The molecule has 10 nitrogen and oxygen atoms in total. The first-order valence-electron chi connectivity index (χ1n) is 11.5. The highest BCUT2D eigenvalue weighted by molar-refractivity contribution is 5.92. The number of nitrogens with one attached hydrogen (secondary N) is 1. The first kappa shape index (κ1) is 23.3. The van der Waals surface area contributed by atoms with E-state index in [0.717, 1.165) is 4.57 Å². The summed E-state index contributed by atoms with van der Waals surface area (Å²) in [6, 6.07) is 10.6. The van der Waals surface area contributed by atoms with Crippen LogP contribution in [-0.4, -0.2) is 38.0 Å². The quantitative estimate of drug-likeness (QED) is 0.442. The Balaban J connectivity index is 1.54. The standard InChI is InChI=1S/C25H24FN5O5/c1-3-31-23-22(15(2)28-31)29(25(34)30(24(23)33)13-16-4-6-17(26)7-5-16)14-21(32)27-18-8-9-19-20(12-18)36-11-10-35-19/h4-9,12H,3,10-11,13-14H2,1-2H3,(H,27,32). The van der Waals surface area contributed by atoms with Crippen LogP contribution < -0.4 is 26.0 Å². The second-order valence-electron chi connectivity index (χ2n) is 8.39. The van der Waals surface area contributed by atoms with E-state index in [1.807, 2.05) is 6.92 Å². The second kappa shape index (κ2) is 9.33. The monoisotopic (exact) mass is 493 g/mol. The zero-order valence-corrected chi connectivity index (χ0v) is 19.8. The van der Waals surface area contributed by atoms with Gasteiger partial charge in [0.05, 0.1) is 12.2 Å². The van der Waals surface area contributed by atoms with Gasteiger partial charge in [-0.15, -0.1) is 0 Å². The Kier molecular flexibility index (Phi) is 6.05. The smallest absolute Gasteiger partial charge is 0.332 e. The number of halogens is 1. The number of hydrogen-bond donors (Lipinski definition) is 1. The maximum Gasteiger partial charge on any atom is 0.332 e. The minimum atomic E-state index is -0.659. The fourth-order valence-electron chi connectivity index (χ4n) is 4.32. The van der Waals surface area contributed by atoms with E-state index < -0.39 is 23.0 Å². The predicted molar refractivity (Wildman–Crippen MR) is 130 cm³/mol. The van der Waals surface area contributed by atoms with E-state index in [4.69, 9.17) is 9.47 Å². The van der Waals surface area contributed by atoms with Crippen LogP contribution in [0.5, 0.6) is 11.5 Å². The van der Waals surface area contributed by atoms with Gasteiger partial charge in [-0.05, 0) is 43.7 Å². The maximum absolute atomic E-state index is 13.5. The molecule has 0 saturated heterocycles. The van der Waals surface area contributed by atoms with Gasteiger partial charge in [0, 0.05) is 18.3 Å². The molecule has 0 bridgehead atoms. The zero-order valence-electron chi connectivity index (χ0n) is 19.8. The van der Waals surface area contributed by atoms with Gasteiger partial charge in [0.1, 0.15) is 31.1 Å². The lowest BCUT2D eigenvalue weighted by Crippen LogP contribution is -2.42. The number of ether oxygens (including phenoxy) is 2. The average Bonchev–Trinajstić information content (AvgIpc) is 3.21. The number of nitrogens with zero attached hydrogens (tertiary/aromatic N) is 4. The van der Waals surface area contributed by atoms with Crippen molar-refractivity contribution in [2.75, 3.05) is 18.5 Å². The molecule has 186 valence electrons. The zero-order chi connectivity index (χ0) is 25.4. The van der Waals surface area contributed by atoms with E-state index in [9.17, 15) is 18.8 Å². The predicted octanol–water partition coefficient (Wildman–Crippen LogP) is 2.29. The molecule has 0 saturated carbocycles. The Hall–Kier alpha value is -4.41. The number of rotatable bonds is 6. The summed E-state index contributed by atoms with van der Waals surface area (Å²) in [5.74, 6) is 0.222. The number of amides is 1. The van der Waals surface area contributed by atoms with Gasteiger partial charge in [-0.2, -0.15) is 5.10 Å². The molecule has 1 N–H and O–H groups in total. The number of fused-ring (bicyclic) bond motifs is 2. The number of hydrogen-bond acceptors (Lipinski definition) is 6. The molecule has 0 unspecified atom stereocenters. The van der Waals surface area contributed by atoms with E-state index in [-0.39, 0.29) is 18.6 Å². The van der Waals surface area contributed by atoms with Gasteiger partial charge in [-0.25, -0.2) is 9.18 Å². The summed E-state index contributed by atoms with van der Waals surface area (Å²) < 4.78 is 28.2. The summed E-state index contributed by atoms with van der Waals surface area (Å²) in [6.45, 7) is 4.36. The first-order valence-corrected chi connectivity index (χ1v) is 11.5. The van der Waals surface area contributed by atoms with Crippen molar-refractivity contribution in [2.24, 2.45) is 0 Å². The molecule has 0 aliphatic carbocycles. The van der Waals surface area contributed by atoms with Crippen LogP contribution in [0.1, 0.15) is 18.2 Å². The van der Waals surface area contributed by atoms with Crippen molar-refractivity contribution in [3.63, 3.8) is 0 Å². The van der Waals surface area contributed by atoms with E-state index >= 15 is 0 Å². The molecule has 1 amide bonds. The highest BCUT2D eigenvalue weighted by Gasteiger charge is 2.22. The van der Waals surface area contributed by atoms with Gasteiger partial charge in [-0.3, -0.25) is 23.4 Å². The van der Waals surface area contributed by atoms with E-state index in [0.29, 0.717) is 53.7 Å². The molecule has 0 spiro atoms. The Morgan fingerprint density at radius 3 is 2.47 bits per heavy atom. The molecule has 1 aliphatic rings. The Bertz CT molecular complexity index is 1590. The Morgan fingerprint density at radius 1 is 1.03 bits per heavy atom. The van der Waals surface area contributed by atoms with Crippen molar-refractivity contribution < 1.29 is 18.7 Å². The largest absolute Gasteiger partial charge is 0.486 e. The lowest BCUT2D eigenvalue weighted by atomic mass is 10.2. The van der Waals surface area contributed by atoms with Crippen LogP contribution in [0.3, 0.4) is 0 Å². The van der Waals surface area contributed by atoms with Gasteiger partial charge in [-0.1, -0.05) is 12.1 Å². The lowest BCUT2D eigenvalue weighted by molar-refractivity contribution is -0.116. The van der Waals surface area contributed by atoms with Crippen molar-refractivity contribution in [1.82, 2.24) is 18.9 Å². The summed E-state index contributed by atoms with van der Waals surface area (Å²) in [7, 11) is 0. The van der Waals surface area contributed by atoms with E-state index in [1.54, 1.807) is 25.1 Å². The van der Waals surface area contributed by atoms with Gasteiger partial charge in [0.25, 0.3) is 5.56 Å². The van der Waals surface area contributed by atoms with Crippen LogP contribution in [0.15, 0.2) is 52.1 Å². The molecule has 36 heavy (non-hydrogen) atoms. The summed E-state index contributed by atoms with van der Waals surface area (Å²) >= 11 is 0. The number of anilines is 1. The fraction of sp³-hybridized carbons (Fsp3) is 0.280. The summed E-state index contributed by atoms with van der Waals surface area (Å²) in [4.78, 5) is 39.9. The molecule has 2 aromatic carbocycles. The van der Waals surface area contributed by atoms with Gasteiger partial charge >= 0.3 is 5.69 Å². The molecule has 3 heterocycles. The molecule has 0 radical (unpaired) electrons. The molecular weight excluding hydrogens is 469 g/mol. The summed E-state index contributed by atoms with van der Waals surface area (Å²) in [5, 5.41) is 7.17. The highest BCUT2D eigenvalue weighted by atomic mass is 19.1. The number of carbonyl (C=O) groups is 1. The van der Waals surface area contributed by atoms with Gasteiger partial charge < -0.3 is 14.8 Å². The molecule has 5 rings (SSSR count). The minimum absolute atomic E-state index is 0.0778. The third-order valence-electron chi connectivity index (χ3n) is 5.96. The lowest BCUT2D eigenvalue weighted by Gasteiger charge is -2.19. The third-order valence-corrected chi connectivity index (χ3v) is 5.96. The van der Waals surface area contributed by atoms with Crippen LogP contribution >= 0.6 is 0 Å². The number of benzene rings is 2. The normalized spacial score (nSPS) is 12.6. The summed E-state index contributed by atoms with van der Waals surface area (Å²) in [5.41, 5.74) is 0.860. The fourth-order valence-corrected chi connectivity index (χ4v) is 4.32. The summed E-state index contributed by atoms with van der Waals surface area (Å²) in [6.07, 6.45) is 0. The van der Waals surface area contributed by atoms with Crippen molar-refractivity contribution in [1.29, 1.82) is 0 Å².